The fraction of sp³-hybridized carbons (Fsp3) is 0.619. The summed E-state index contributed by atoms with van der Waals surface area (Å²) in [5.74, 6) is -0.155. The molecule has 4 rings (SSSR count). The van der Waals surface area contributed by atoms with E-state index in [2.05, 4.69) is 6.92 Å². The Hall–Kier alpha value is -2.13. The van der Waals surface area contributed by atoms with Crippen molar-refractivity contribution in [1.29, 1.82) is 0 Å². The van der Waals surface area contributed by atoms with Crippen molar-refractivity contribution in [3.05, 3.63) is 28.7 Å². The third kappa shape index (κ3) is 4.18. The maximum atomic E-state index is 13.0. The van der Waals surface area contributed by atoms with Crippen LogP contribution in [0, 0.1) is 5.92 Å². The number of likely N-dealkylation sites (tertiary alicyclic amines) is 1. The Morgan fingerprint density at radius 2 is 1.73 bits per heavy atom. The Morgan fingerprint density at radius 1 is 1.07 bits per heavy atom. The Morgan fingerprint density at radius 3 is 2.40 bits per heavy atom. The van der Waals surface area contributed by atoms with Crippen LogP contribution in [0.1, 0.15) is 45.4 Å². The Bertz CT molecular complexity index is 1070. The van der Waals surface area contributed by atoms with E-state index in [-0.39, 0.29) is 22.9 Å². The number of benzene rings is 1. The molecule has 0 radical (unpaired) electrons. The zero-order valence-corrected chi connectivity index (χ0v) is 18.2. The van der Waals surface area contributed by atoms with Gasteiger partial charge < -0.3 is 9.32 Å². The van der Waals surface area contributed by atoms with Crippen molar-refractivity contribution in [3.8, 4) is 0 Å². The number of rotatable bonds is 4. The van der Waals surface area contributed by atoms with Crippen LogP contribution in [0.3, 0.4) is 0 Å². The molecule has 0 saturated carbocycles. The van der Waals surface area contributed by atoms with Crippen LogP contribution in [-0.2, 0) is 21.4 Å². The van der Waals surface area contributed by atoms with Gasteiger partial charge in [0.2, 0.25) is 15.9 Å². The van der Waals surface area contributed by atoms with E-state index in [9.17, 15) is 18.0 Å². The number of piperidine rings is 1. The maximum absolute atomic E-state index is 13.0. The van der Waals surface area contributed by atoms with E-state index in [1.807, 2.05) is 0 Å². The van der Waals surface area contributed by atoms with Gasteiger partial charge >= 0.3 is 5.76 Å². The lowest BCUT2D eigenvalue weighted by molar-refractivity contribution is -0.133. The normalized spacial score (nSPS) is 19.8. The first kappa shape index (κ1) is 21.1. The van der Waals surface area contributed by atoms with Crippen molar-refractivity contribution in [1.82, 2.24) is 13.8 Å². The van der Waals surface area contributed by atoms with Gasteiger partial charge in [-0.3, -0.25) is 9.36 Å². The third-order valence-corrected chi connectivity index (χ3v) is 8.17. The highest BCUT2D eigenvalue weighted by Crippen LogP contribution is 2.24. The molecule has 2 aliphatic rings. The second kappa shape index (κ2) is 8.55. The van der Waals surface area contributed by atoms with E-state index in [0.29, 0.717) is 37.6 Å². The average Bonchev–Trinajstić information content (AvgIpc) is 2.90. The van der Waals surface area contributed by atoms with E-state index in [1.165, 1.54) is 21.0 Å². The van der Waals surface area contributed by atoms with Crippen molar-refractivity contribution in [2.75, 3.05) is 26.2 Å². The molecule has 0 bridgehead atoms. The Labute approximate surface area is 176 Å². The van der Waals surface area contributed by atoms with Crippen molar-refractivity contribution < 1.29 is 17.6 Å². The van der Waals surface area contributed by atoms with Gasteiger partial charge in [0, 0.05) is 32.2 Å². The fourth-order valence-corrected chi connectivity index (χ4v) is 5.81. The van der Waals surface area contributed by atoms with Crippen LogP contribution >= 0.6 is 0 Å². The van der Waals surface area contributed by atoms with E-state index in [0.717, 1.165) is 38.5 Å². The van der Waals surface area contributed by atoms with E-state index >= 15 is 0 Å². The summed E-state index contributed by atoms with van der Waals surface area (Å²) >= 11 is 0. The number of amides is 1. The van der Waals surface area contributed by atoms with Gasteiger partial charge in [0.25, 0.3) is 0 Å². The highest BCUT2D eigenvalue weighted by Gasteiger charge is 2.27. The van der Waals surface area contributed by atoms with Crippen LogP contribution in [0.4, 0.5) is 0 Å². The van der Waals surface area contributed by atoms with Gasteiger partial charge in [0.05, 0.1) is 10.4 Å². The molecule has 2 fully saturated rings. The van der Waals surface area contributed by atoms with Gasteiger partial charge in [0.15, 0.2) is 5.58 Å². The average molecular weight is 436 g/mol. The van der Waals surface area contributed by atoms with Gasteiger partial charge in [-0.1, -0.05) is 19.8 Å². The Balaban J connectivity index is 1.58. The number of hydrogen-bond acceptors (Lipinski definition) is 5. The summed E-state index contributed by atoms with van der Waals surface area (Å²) in [6.07, 6.45) is 5.70. The van der Waals surface area contributed by atoms with Crippen LogP contribution in [0.2, 0.25) is 0 Å². The summed E-state index contributed by atoms with van der Waals surface area (Å²) in [5, 5.41) is 0. The molecule has 9 heteroatoms. The second-order valence-electron chi connectivity index (χ2n) is 8.47. The molecule has 2 aromatic rings. The first-order valence-electron chi connectivity index (χ1n) is 10.8. The Kier molecular flexibility index (Phi) is 6.02. The molecule has 8 nitrogen and oxygen atoms in total. The van der Waals surface area contributed by atoms with Gasteiger partial charge in [0.1, 0.15) is 6.54 Å². The fourth-order valence-electron chi connectivity index (χ4n) is 4.28. The standard InChI is InChI=1S/C21H29N3O5S/c1-16-8-12-22(13-9-16)20(25)15-24-18-7-6-17(14-19(18)29-21(24)26)30(27,28)23-10-4-2-3-5-11-23/h6-7,14,16H,2-5,8-13,15H2,1H3. The first-order valence-corrected chi connectivity index (χ1v) is 12.2. The molecule has 1 amide bonds. The number of carbonyl (C=O) groups is 1. The summed E-state index contributed by atoms with van der Waals surface area (Å²) in [5.41, 5.74) is 0.629. The van der Waals surface area contributed by atoms with Crippen molar-refractivity contribution in [2.24, 2.45) is 5.92 Å². The topological polar surface area (TPSA) is 92.8 Å². The minimum Gasteiger partial charge on any atom is -0.408 e. The van der Waals surface area contributed by atoms with Crippen LogP contribution in [0.5, 0.6) is 0 Å². The number of oxazole rings is 1. The minimum absolute atomic E-state index is 0.0988. The highest BCUT2D eigenvalue weighted by atomic mass is 32.2. The van der Waals surface area contributed by atoms with E-state index in [1.54, 1.807) is 11.0 Å². The van der Waals surface area contributed by atoms with E-state index in [4.69, 9.17) is 4.42 Å². The predicted octanol–water partition coefficient (Wildman–Crippen LogP) is 2.42. The predicted molar refractivity (Wildman–Crippen MR) is 113 cm³/mol. The summed E-state index contributed by atoms with van der Waals surface area (Å²) in [4.78, 5) is 26.9. The number of nitrogens with zero attached hydrogens (tertiary/aromatic N) is 3. The van der Waals surface area contributed by atoms with Crippen LogP contribution in [0.25, 0.3) is 11.1 Å². The van der Waals surface area contributed by atoms with Crippen molar-refractivity contribution in [3.63, 3.8) is 0 Å². The molecule has 0 N–H and O–H groups in total. The molecule has 3 heterocycles. The summed E-state index contributed by atoms with van der Waals surface area (Å²) < 4.78 is 34.2. The SMILES string of the molecule is CC1CCN(C(=O)Cn2c(=O)oc3cc(S(=O)(=O)N4CCCCCC4)ccc32)CC1. The van der Waals surface area contributed by atoms with Crippen molar-refractivity contribution >= 4 is 27.0 Å². The van der Waals surface area contributed by atoms with Crippen LogP contribution in [0.15, 0.2) is 32.3 Å². The van der Waals surface area contributed by atoms with Crippen LogP contribution in [-0.4, -0.2) is 54.3 Å². The number of carbonyl (C=O) groups excluding carboxylic acids is 1. The zero-order valence-electron chi connectivity index (χ0n) is 17.4. The van der Waals surface area contributed by atoms with Crippen molar-refractivity contribution in [2.45, 2.75) is 56.9 Å². The molecule has 1 aromatic heterocycles. The molecule has 30 heavy (non-hydrogen) atoms. The molecule has 0 atom stereocenters. The van der Waals surface area contributed by atoms with Crippen LogP contribution < -0.4 is 5.76 Å². The quantitative estimate of drug-likeness (QED) is 0.735. The number of fused-ring (bicyclic) bond motifs is 1. The molecule has 0 spiro atoms. The minimum atomic E-state index is -3.64. The smallest absolute Gasteiger partial charge is 0.408 e. The monoisotopic (exact) mass is 435 g/mol. The highest BCUT2D eigenvalue weighted by molar-refractivity contribution is 7.89. The lowest BCUT2D eigenvalue weighted by Gasteiger charge is -2.30. The molecule has 1 aromatic carbocycles. The van der Waals surface area contributed by atoms with Gasteiger partial charge in [-0.15, -0.1) is 0 Å². The molecule has 2 saturated heterocycles. The maximum Gasteiger partial charge on any atom is 0.420 e. The summed E-state index contributed by atoms with van der Waals surface area (Å²) in [7, 11) is -3.64. The molecule has 0 aliphatic carbocycles. The largest absolute Gasteiger partial charge is 0.420 e. The molecule has 2 aliphatic heterocycles. The molecular formula is C21H29N3O5S. The number of hydrogen-bond donors (Lipinski definition) is 0. The molecular weight excluding hydrogens is 406 g/mol. The summed E-state index contributed by atoms with van der Waals surface area (Å²) in [6.45, 7) is 4.49. The van der Waals surface area contributed by atoms with E-state index < -0.39 is 15.8 Å². The molecule has 164 valence electrons. The number of aromatic nitrogens is 1. The lowest BCUT2D eigenvalue weighted by atomic mass is 9.99. The molecule has 0 unspecified atom stereocenters. The summed E-state index contributed by atoms with van der Waals surface area (Å²) in [6, 6.07) is 4.47. The lowest BCUT2D eigenvalue weighted by Crippen LogP contribution is -2.40. The zero-order chi connectivity index (χ0) is 21.3. The second-order valence-corrected chi connectivity index (χ2v) is 10.4. The third-order valence-electron chi connectivity index (χ3n) is 6.27. The van der Waals surface area contributed by atoms with Gasteiger partial charge in [-0.2, -0.15) is 4.31 Å². The first-order chi connectivity index (χ1) is 14.4. The number of sulfonamides is 1. The van der Waals surface area contributed by atoms with Gasteiger partial charge in [-0.05, 0) is 43.7 Å². The van der Waals surface area contributed by atoms with Gasteiger partial charge in [-0.25, -0.2) is 13.2 Å².